The summed E-state index contributed by atoms with van der Waals surface area (Å²) in [5, 5.41) is 0. The first-order valence-corrected chi connectivity index (χ1v) is 8.33. The largest absolute Gasteiger partial charge is 0.336 e. The summed E-state index contributed by atoms with van der Waals surface area (Å²) >= 11 is 4.26. The van der Waals surface area contributed by atoms with Crippen molar-refractivity contribution in [2.24, 2.45) is 0 Å². The third-order valence-corrected chi connectivity index (χ3v) is 4.55. The molecule has 116 valence electrons. The third-order valence-electron chi connectivity index (χ3n) is 4.25. The molecule has 2 aliphatic rings. The van der Waals surface area contributed by atoms with Gasteiger partial charge in [0.05, 0.1) is 0 Å². The van der Waals surface area contributed by atoms with Gasteiger partial charge in [-0.2, -0.15) is 0 Å². The van der Waals surface area contributed by atoms with Gasteiger partial charge < -0.3 is 4.90 Å². The lowest BCUT2D eigenvalue weighted by Gasteiger charge is -2.35. The average molecular weight is 314 g/mol. The number of thiol groups is 1. The van der Waals surface area contributed by atoms with Gasteiger partial charge in [-0.05, 0) is 42.7 Å². The minimum atomic E-state index is 0.129. The van der Waals surface area contributed by atoms with E-state index in [1.807, 2.05) is 29.2 Å². The Kier molecular flexibility index (Phi) is 5.01. The molecule has 1 aliphatic heterocycles. The summed E-state index contributed by atoms with van der Waals surface area (Å²) in [6.45, 7) is 4.51. The molecular weight excluding hydrogens is 292 g/mol. The molecular formula is C18H22N2OS. The molecule has 3 rings (SSSR count). The highest BCUT2D eigenvalue weighted by Crippen LogP contribution is 2.15. The van der Waals surface area contributed by atoms with Crippen molar-refractivity contribution < 1.29 is 4.79 Å². The van der Waals surface area contributed by atoms with Gasteiger partial charge >= 0.3 is 0 Å². The molecule has 0 radical (unpaired) electrons. The molecule has 3 nitrogen and oxygen atoms in total. The predicted octanol–water partition coefficient (Wildman–Crippen LogP) is 3.01. The van der Waals surface area contributed by atoms with Gasteiger partial charge in [0.2, 0.25) is 0 Å². The molecule has 0 saturated carbocycles. The first kappa shape index (κ1) is 15.4. The minimum Gasteiger partial charge on any atom is -0.336 e. The average Bonchev–Trinajstić information content (AvgIpc) is 2.57. The molecule has 1 aromatic rings. The van der Waals surface area contributed by atoms with Gasteiger partial charge in [0.25, 0.3) is 5.91 Å². The van der Waals surface area contributed by atoms with Crippen molar-refractivity contribution in [3.63, 3.8) is 0 Å². The van der Waals surface area contributed by atoms with E-state index in [-0.39, 0.29) is 5.91 Å². The Labute approximate surface area is 137 Å². The molecule has 1 amide bonds. The quantitative estimate of drug-likeness (QED) is 0.867. The monoisotopic (exact) mass is 314 g/mol. The number of piperazine rings is 1. The summed E-state index contributed by atoms with van der Waals surface area (Å²) in [4.78, 5) is 17.7. The van der Waals surface area contributed by atoms with Gasteiger partial charge in [-0.1, -0.05) is 18.2 Å². The van der Waals surface area contributed by atoms with Crippen LogP contribution in [0.1, 0.15) is 23.2 Å². The summed E-state index contributed by atoms with van der Waals surface area (Å²) in [6.07, 6.45) is 9.14. The van der Waals surface area contributed by atoms with E-state index in [1.54, 1.807) is 0 Å². The molecule has 1 aliphatic carbocycles. The van der Waals surface area contributed by atoms with Crippen molar-refractivity contribution in [1.29, 1.82) is 0 Å². The fourth-order valence-electron chi connectivity index (χ4n) is 2.94. The Hall–Kier alpha value is -1.52. The molecule has 0 aromatic heterocycles. The Bertz CT molecular complexity index is 584. The number of benzene rings is 1. The van der Waals surface area contributed by atoms with Crippen molar-refractivity contribution in [2.45, 2.75) is 17.7 Å². The zero-order chi connectivity index (χ0) is 15.4. The Morgan fingerprint density at radius 1 is 1.05 bits per heavy atom. The number of allylic oxidation sites excluding steroid dienone is 2. The summed E-state index contributed by atoms with van der Waals surface area (Å²) in [5.41, 5.74) is 2.17. The topological polar surface area (TPSA) is 23.6 Å². The standard InChI is InChI=1S/C18H22N2OS/c21-18(16-6-8-17(22)9-7-16)20-12-10-19(11-13-20)14-15-4-2-1-3-5-15/h2,4-9,22H,1,3,10-14H2. The molecule has 1 heterocycles. The minimum absolute atomic E-state index is 0.129. The molecule has 0 bridgehead atoms. The van der Waals surface area contributed by atoms with Crippen LogP contribution in [0.15, 0.2) is 53.0 Å². The maximum absolute atomic E-state index is 12.5. The number of amides is 1. The van der Waals surface area contributed by atoms with E-state index in [0.29, 0.717) is 0 Å². The van der Waals surface area contributed by atoms with Crippen molar-refractivity contribution in [1.82, 2.24) is 9.80 Å². The van der Waals surface area contributed by atoms with Crippen LogP contribution in [0, 0.1) is 0 Å². The SMILES string of the molecule is O=C(c1ccc(S)cc1)N1CCN(CC2=CCCC=C2)CC1. The van der Waals surface area contributed by atoms with Crippen molar-refractivity contribution in [3.8, 4) is 0 Å². The van der Waals surface area contributed by atoms with Gasteiger partial charge in [0.15, 0.2) is 0 Å². The van der Waals surface area contributed by atoms with Crippen LogP contribution < -0.4 is 0 Å². The first-order valence-electron chi connectivity index (χ1n) is 7.88. The van der Waals surface area contributed by atoms with Crippen LogP contribution in [0.25, 0.3) is 0 Å². The van der Waals surface area contributed by atoms with E-state index in [4.69, 9.17) is 0 Å². The van der Waals surface area contributed by atoms with E-state index < -0.39 is 0 Å². The van der Waals surface area contributed by atoms with E-state index in [1.165, 1.54) is 5.57 Å². The Morgan fingerprint density at radius 2 is 1.77 bits per heavy atom. The highest BCUT2D eigenvalue weighted by atomic mass is 32.1. The highest BCUT2D eigenvalue weighted by Gasteiger charge is 2.22. The Morgan fingerprint density at radius 3 is 2.41 bits per heavy atom. The van der Waals surface area contributed by atoms with Crippen LogP contribution in [0.5, 0.6) is 0 Å². The lowest BCUT2D eigenvalue weighted by atomic mass is 10.1. The van der Waals surface area contributed by atoms with Crippen LogP contribution in [-0.2, 0) is 0 Å². The number of carbonyl (C=O) groups is 1. The number of nitrogens with zero attached hydrogens (tertiary/aromatic N) is 2. The van der Waals surface area contributed by atoms with Gasteiger partial charge in [-0.15, -0.1) is 12.6 Å². The summed E-state index contributed by atoms with van der Waals surface area (Å²) in [5.74, 6) is 0.129. The first-order chi connectivity index (χ1) is 10.7. The van der Waals surface area contributed by atoms with Crippen molar-refractivity contribution in [3.05, 3.63) is 53.6 Å². The van der Waals surface area contributed by atoms with Gasteiger partial charge in [0, 0.05) is 43.2 Å². The van der Waals surface area contributed by atoms with Crippen LogP contribution >= 0.6 is 12.6 Å². The van der Waals surface area contributed by atoms with E-state index >= 15 is 0 Å². The second kappa shape index (κ2) is 7.16. The third kappa shape index (κ3) is 3.81. The lowest BCUT2D eigenvalue weighted by Crippen LogP contribution is -2.49. The summed E-state index contributed by atoms with van der Waals surface area (Å²) in [6, 6.07) is 7.45. The number of hydrogen-bond donors (Lipinski definition) is 1. The molecule has 0 spiro atoms. The predicted molar refractivity (Wildman–Crippen MR) is 92.5 cm³/mol. The van der Waals surface area contributed by atoms with E-state index in [0.717, 1.165) is 56.0 Å². The molecule has 0 atom stereocenters. The molecule has 4 heteroatoms. The van der Waals surface area contributed by atoms with Crippen molar-refractivity contribution >= 4 is 18.5 Å². The molecule has 1 aromatic carbocycles. The zero-order valence-electron chi connectivity index (χ0n) is 12.7. The van der Waals surface area contributed by atoms with Gasteiger partial charge in [0.1, 0.15) is 0 Å². The van der Waals surface area contributed by atoms with Crippen molar-refractivity contribution in [2.75, 3.05) is 32.7 Å². The number of rotatable bonds is 3. The molecule has 22 heavy (non-hydrogen) atoms. The molecule has 0 N–H and O–H groups in total. The van der Waals surface area contributed by atoms with Crippen LogP contribution in [0.3, 0.4) is 0 Å². The molecule has 0 unspecified atom stereocenters. The maximum Gasteiger partial charge on any atom is 0.253 e. The number of hydrogen-bond acceptors (Lipinski definition) is 3. The molecule has 1 fully saturated rings. The maximum atomic E-state index is 12.5. The van der Waals surface area contributed by atoms with E-state index in [9.17, 15) is 4.79 Å². The van der Waals surface area contributed by atoms with Crippen LogP contribution in [-0.4, -0.2) is 48.4 Å². The van der Waals surface area contributed by atoms with E-state index in [2.05, 4.69) is 35.8 Å². The van der Waals surface area contributed by atoms with Crippen LogP contribution in [0.2, 0.25) is 0 Å². The second-order valence-corrected chi connectivity index (χ2v) is 6.39. The fraction of sp³-hybridized carbons (Fsp3) is 0.389. The second-order valence-electron chi connectivity index (χ2n) is 5.87. The fourth-order valence-corrected chi connectivity index (χ4v) is 3.09. The summed E-state index contributed by atoms with van der Waals surface area (Å²) < 4.78 is 0. The smallest absolute Gasteiger partial charge is 0.253 e. The molecule has 1 saturated heterocycles. The normalized spacial score (nSPS) is 19.1. The highest BCUT2D eigenvalue weighted by molar-refractivity contribution is 7.80. The van der Waals surface area contributed by atoms with Gasteiger partial charge in [-0.3, -0.25) is 9.69 Å². The zero-order valence-corrected chi connectivity index (χ0v) is 13.6. The summed E-state index contributed by atoms with van der Waals surface area (Å²) in [7, 11) is 0. The number of carbonyl (C=O) groups excluding carboxylic acids is 1. The van der Waals surface area contributed by atoms with Crippen LogP contribution in [0.4, 0.5) is 0 Å². The van der Waals surface area contributed by atoms with Gasteiger partial charge in [-0.25, -0.2) is 0 Å². The lowest BCUT2D eigenvalue weighted by molar-refractivity contribution is 0.0648. The Balaban J connectivity index is 1.53.